The normalized spacial score (nSPS) is 15.4. The van der Waals surface area contributed by atoms with Crippen molar-refractivity contribution in [3.8, 4) is 5.69 Å². The fourth-order valence-electron chi connectivity index (χ4n) is 3.83. The fourth-order valence-corrected chi connectivity index (χ4v) is 3.83. The molecule has 1 amide bonds. The van der Waals surface area contributed by atoms with Crippen molar-refractivity contribution < 1.29 is 9.18 Å². The second kappa shape index (κ2) is 8.86. The van der Waals surface area contributed by atoms with Crippen molar-refractivity contribution in [1.29, 1.82) is 0 Å². The molecule has 152 valence electrons. The minimum Gasteiger partial charge on any atom is -0.336 e. The molecule has 0 unspecified atom stereocenters. The minimum atomic E-state index is -0.276. The zero-order valence-electron chi connectivity index (χ0n) is 17.4. The van der Waals surface area contributed by atoms with E-state index in [1.807, 2.05) is 16.5 Å². The molecule has 1 aromatic carbocycles. The number of likely N-dealkylation sites (N-methyl/N-ethyl adjacent to an activating group) is 1. The Bertz CT molecular complexity index is 805. The van der Waals surface area contributed by atoms with Gasteiger partial charge in [0.2, 0.25) is 0 Å². The molecule has 1 aliphatic heterocycles. The van der Waals surface area contributed by atoms with Crippen LogP contribution in [0, 0.1) is 11.7 Å². The Kier molecular flexibility index (Phi) is 6.50. The maximum atomic E-state index is 13.5. The van der Waals surface area contributed by atoms with Crippen LogP contribution in [-0.2, 0) is 12.8 Å². The lowest BCUT2D eigenvalue weighted by atomic mass is 10.0. The Morgan fingerprint density at radius 1 is 1.11 bits per heavy atom. The smallest absolute Gasteiger partial charge is 0.257 e. The Hall–Kier alpha value is -2.21. The van der Waals surface area contributed by atoms with Crippen LogP contribution in [0.25, 0.3) is 5.69 Å². The lowest BCUT2D eigenvalue weighted by molar-refractivity contribution is 0.0641. The molecule has 1 aliphatic rings. The summed E-state index contributed by atoms with van der Waals surface area (Å²) in [7, 11) is 0. The van der Waals surface area contributed by atoms with Crippen molar-refractivity contribution in [2.24, 2.45) is 5.92 Å². The third kappa shape index (κ3) is 4.27. The second-order valence-electron chi connectivity index (χ2n) is 7.83. The van der Waals surface area contributed by atoms with Crippen LogP contribution >= 0.6 is 0 Å². The molecule has 1 saturated heterocycles. The van der Waals surface area contributed by atoms with Gasteiger partial charge in [-0.2, -0.15) is 5.10 Å². The van der Waals surface area contributed by atoms with Crippen LogP contribution in [0.1, 0.15) is 49.4 Å². The first kappa shape index (κ1) is 20.5. The highest BCUT2D eigenvalue weighted by Gasteiger charge is 2.29. The molecule has 0 saturated carbocycles. The van der Waals surface area contributed by atoms with Crippen LogP contribution in [-0.4, -0.2) is 58.2 Å². The van der Waals surface area contributed by atoms with Crippen LogP contribution < -0.4 is 0 Å². The average molecular weight is 387 g/mol. The molecule has 0 atom stereocenters. The first-order valence-corrected chi connectivity index (χ1v) is 10.3. The summed E-state index contributed by atoms with van der Waals surface area (Å²) in [5.41, 5.74) is 3.29. The van der Waals surface area contributed by atoms with Crippen molar-refractivity contribution in [2.75, 3.05) is 32.7 Å². The Morgan fingerprint density at radius 2 is 1.75 bits per heavy atom. The summed E-state index contributed by atoms with van der Waals surface area (Å²) in [5.74, 6) is 0.197. The summed E-state index contributed by atoms with van der Waals surface area (Å²) in [6.45, 7) is 12.8. The van der Waals surface area contributed by atoms with Gasteiger partial charge in [0.05, 0.1) is 22.6 Å². The fraction of sp³-hybridized carbons (Fsp3) is 0.545. The molecule has 1 aromatic heterocycles. The molecule has 2 heterocycles. The third-order valence-corrected chi connectivity index (χ3v) is 5.38. The van der Waals surface area contributed by atoms with Crippen LogP contribution in [0.15, 0.2) is 24.3 Å². The summed E-state index contributed by atoms with van der Waals surface area (Å²) in [6, 6.07) is 6.30. The zero-order valence-corrected chi connectivity index (χ0v) is 17.4. The zero-order chi connectivity index (χ0) is 20.3. The van der Waals surface area contributed by atoms with Crippen molar-refractivity contribution in [1.82, 2.24) is 19.6 Å². The van der Waals surface area contributed by atoms with Crippen molar-refractivity contribution in [3.63, 3.8) is 0 Å². The van der Waals surface area contributed by atoms with Crippen LogP contribution in [0.5, 0.6) is 0 Å². The maximum Gasteiger partial charge on any atom is 0.257 e. The number of amides is 1. The minimum absolute atomic E-state index is 0.0802. The lowest BCUT2D eigenvalue weighted by Gasteiger charge is -2.34. The third-order valence-electron chi connectivity index (χ3n) is 5.38. The molecular formula is C22H31FN4O. The summed E-state index contributed by atoms with van der Waals surface area (Å²) in [6.07, 6.45) is 1.44. The number of halogens is 1. The standard InChI is InChI=1S/C22H31FN4O/c1-5-20-21(22(28)26-13-11-25(6-2)12-14-26)19(15-16(3)4)24-27(20)18-9-7-17(23)8-10-18/h7-10,16H,5-6,11-15H2,1-4H3. The van der Waals surface area contributed by atoms with Crippen LogP contribution in [0.3, 0.4) is 0 Å². The predicted octanol–water partition coefficient (Wildman–Crippen LogP) is 3.55. The SMILES string of the molecule is CCc1c(C(=O)N2CCN(CC)CC2)c(CC(C)C)nn1-c1ccc(F)cc1. The van der Waals surface area contributed by atoms with Crippen LogP contribution in [0.2, 0.25) is 0 Å². The van der Waals surface area contributed by atoms with Gasteiger partial charge in [0.25, 0.3) is 5.91 Å². The number of hydrogen-bond acceptors (Lipinski definition) is 3. The molecule has 6 heteroatoms. The molecule has 2 aromatic rings. The molecule has 0 N–H and O–H groups in total. The number of carbonyl (C=O) groups is 1. The second-order valence-corrected chi connectivity index (χ2v) is 7.83. The lowest BCUT2D eigenvalue weighted by Crippen LogP contribution is -2.48. The van der Waals surface area contributed by atoms with Gasteiger partial charge in [-0.05, 0) is 49.6 Å². The molecule has 3 rings (SSSR count). The van der Waals surface area contributed by atoms with E-state index in [9.17, 15) is 9.18 Å². The van der Waals surface area contributed by atoms with E-state index in [-0.39, 0.29) is 11.7 Å². The number of hydrogen-bond donors (Lipinski definition) is 0. The van der Waals surface area contributed by atoms with E-state index in [2.05, 4.69) is 25.7 Å². The predicted molar refractivity (Wildman–Crippen MR) is 109 cm³/mol. The van der Waals surface area contributed by atoms with E-state index in [1.165, 1.54) is 12.1 Å². The van der Waals surface area contributed by atoms with Gasteiger partial charge < -0.3 is 9.80 Å². The van der Waals surface area contributed by atoms with E-state index in [0.29, 0.717) is 12.3 Å². The quantitative estimate of drug-likeness (QED) is 0.762. The highest BCUT2D eigenvalue weighted by Crippen LogP contribution is 2.24. The largest absolute Gasteiger partial charge is 0.336 e. The summed E-state index contributed by atoms with van der Waals surface area (Å²) < 4.78 is 15.2. The maximum absolute atomic E-state index is 13.5. The molecule has 28 heavy (non-hydrogen) atoms. The van der Waals surface area contributed by atoms with Gasteiger partial charge >= 0.3 is 0 Å². The van der Waals surface area contributed by atoms with Gasteiger partial charge in [0, 0.05) is 26.2 Å². The van der Waals surface area contributed by atoms with Gasteiger partial charge in [0.15, 0.2) is 0 Å². The first-order valence-electron chi connectivity index (χ1n) is 10.3. The number of carbonyl (C=O) groups excluding carboxylic acids is 1. The van der Waals surface area contributed by atoms with Gasteiger partial charge in [-0.25, -0.2) is 9.07 Å². The van der Waals surface area contributed by atoms with E-state index in [0.717, 1.165) is 61.8 Å². The summed E-state index contributed by atoms with van der Waals surface area (Å²) in [5, 5.41) is 4.80. The number of aromatic nitrogens is 2. The monoisotopic (exact) mass is 386 g/mol. The van der Waals surface area contributed by atoms with Crippen molar-refractivity contribution in [3.05, 3.63) is 47.0 Å². The van der Waals surface area contributed by atoms with Crippen molar-refractivity contribution in [2.45, 2.75) is 40.5 Å². The number of benzene rings is 1. The van der Waals surface area contributed by atoms with E-state index >= 15 is 0 Å². The number of piperazine rings is 1. The molecule has 1 fully saturated rings. The number of rotatable bonds is 6. The van der Waals surface area contributed by atoms with Crippen molar-refractivity contribution >= 4 is 5.91 Å². The van der Waals surface area contributed by atoms with Gasteiger partial charge in [0.1, 0.15) is 5.82 Å². The molecule has 0 aliphatic carbocycles. The Balaban J connectivity index is 2.00. The van der Waals surface area contributed by atoms with Gasteiger partial charge in [-0.1, -0.05) is 27.7 Å². The summed E-state index contributed by atoms with van der Waals surface area (Å²) in [4.78, 5) is 17.8. The highest BCUT2D eigenvalue weighted by atomic mass is 19.1. The molecule has 0 bridgehead atoms. The molecular weight excluding hydrogens is 355 g/mol. The van der Waals surface area contributed by atoms with E-state index < -0.39 is 0 Å². The summed E-state index contributed by atoms with van der Waals surface area (Å²) >= 11 is 0. The first-order chi connectivity index (χ1) is 13.4. The molecule has 0 spiro atoms. The average Bonchev–Trinajstić information content (AvgIpc) is 3.05. The Morgan fingerprint density at radius 3 is 2.29 bits per heavy atom. The topological polar surface area (TPSA) is 41.4 Å². The molecule has 0 radical (unpaired) electrons. The highest BCUT2D eigenvalue weighted by molar-refractivity contribution is 5.97. The van der Waals surface area contributed by atoms with E-state index in [4.69, 9.17) is 5.10 Å². The van der Waals surface area contributed by atoms with Gasteiger partial charge in [-0.3, -0.25) is 4.79 Å². The number of nitrogens with zero attached hydrogens (tertiary/aromatic N) is 4. The molecule has 5 nitrogen and oxygen atoms in total. The van der Waals surface area contributed by atoms with Gasteiger partial charge in [-0.15, -0.1) is 0 Å². The van der Waals surface area contributed by atoms with Crippen LogP contribution in [0.4, 0.5) is 4.39 Å². The Labute approximate surface area is 167 Å². The van der Waals surface area contributed by atoms with E-state index in [1.54, 1.807) is 12.1 Å².